The third kappa shape index (κ3) is 22.9. The van der Waals surface area contributed by atoms with Crippen molar-refractivity contribution in [3.63, 3.8) is 0 Å². The lowest BCUT2D eigenvalue weighted by Crippen LogP contribution is -2.60. The van der Waals surface area contributed by atoms with Gasteiger partial charge in [0.2, 0.25) is 5.91 Å². The van der Waals surface area contributed by atoms with Gasteiger partial charge in [-0.1, -0.05) is 156 Å². The number of hydrogen-bond donors (Lipinski definition) is 7. The van der Waals surface area contributed by atoms with Crippen LogP contribution in [0.25, 0.3) is 0 Å². The number of carbonyl (C=O) groups is 1. The van der Waals surface area contributed by atoms with E-state index < -0.39 is 61.5 Å². The molecule has 0 saturated carbocycles. The van der Waals surface area contributed by atoms with Gasteiger partial charge in [-0.05, 0) is 24.7 Å². The fraction of sp³-hybridized carbons (Fsp3) is 0.975. The fourth-order valence-corrected chi connectivity index (χ4v) is 6.75. The molecule has 1 heterocycles. The molecule has 298 valence electrons. The molecule has 10 nitrogen and oxygen atoms in total. The van der Waals surface area contributed by atoms with Crippen LogP contribution in [0, 0.1) is 11.8 Å². The predicted molar refractivity (Wildman–Crippen MR) is 200 cm³/mol. The lowest BCUT2D eigenvalue weighted by atomic mass is 9.99. The molecule has 0 radical (unpaired) electrons. The summed E-state index contributed by atoms with van der Waals surface area (Å²) in [6.45, 7) is 8.29. The molecule has 7 N–H and O–H groups in total. The quantitative estimate of drug-likeness (QED) is 0.0395. The maximum Gasteiger partial charge on any atom is 0.222 e. The molecule has 1 amide bonds. The SMILES string of the molecule is CC(C)CCCCCCCCCCC[C@@H](O)CC(=O)N[C@@H](CO[C@@H]1OC(CO)[C@H](O)C(O)C1O)[C@H](O)CCCCCCCCCCCC(C)C. The van der Waals surface area contributed by atoms with Crippen molar-refractivity contribution in [2.45, 2.75) is 224 Å². The van der Waals surface area contributed by atoms with E-state index in [0.29, 0.717) is 12.8 Å². The zero-order valence-electron chi connectivity index (χ0n) is 32.4. The Balaban J connectivity index is 2.46. The first-order chi connectivity index (χ1) is 24.0. The van der Waals surface area contributed by atoms with Gasteiger partial charge >= 0.3 is 0 Å². The van der Waals surface area contributed by atoms with Gasteiger partial charge in [0.25, 0.3) is 0 Å². The highest BCUT2D eigenvalue weighted by molar-refractivity contribution is 5.76. The summed E-state index contributed by atoms with van der Waals surface area (Å²) < 4.78 is 11.2. The van der Waals surface area contributed by atoms with Gasteiger partial charge in [0, 0.05) is 0 Å². The molecule has 3 unspecified atom stereocenters. The van der Waals surface area contributed by atoms with Crippen LogP contribution in [0.3, 0.4) is 0 Å². The summed E-state index contributed by atoms with van der Waals surface area (Å²) in [6.07, 6.45) is 15.7. The second kappa shape index (κ2) is 29.6. The van der Waals surface area contributed by atoms with Gasteiger partial charge in [0.05, 0.1) is 37.9 Å². The van der Waals surface area contributed by atoms with Crippen molar-refractivity contribution in [1.82, 2.24) is 5.32 Å². The van der Waals surface area contributed by atoms with E-state index in [0.717, 1.165) is 56.8 Å². The van der Waals surface area contributed by atoms with Crippen molar-refractivity contribution in [1.29, 1.82) is 0 Å². The molecular weight excluding hydrogens is 638 g/mol. The summed E-state index contributed by atoms with van der Waals surface area (Å²) in [5, 5.41) is 64.5. The van der Waals surface area contributed by atoms with Crippen molar-refractivity contribution in [2.24, 2.45) is 11.8 Å². The molecule has 0 spiro atoms. The summed E-state index contributed by atoms with van der Waals surface area (Å²) in [5.74, 6) is 1.17. The highest BCUT2D eigenvalue weighted by Gasteiger charge is 2.44. The van der Waals surface area contributed by atoms with Gasteiger partial charge in [-0.3, -0.25) is 4.79 Å². The fourth-order valence-electron chi connectivity index (χ4n) is 6.75. The molecule has 1 fully saturated rings. The number of nitrogens with one attached hydrogen (secondary N) is 1. The summed E-state index contributed by atoms with van der Waals surface area (Å²) in [6, 6.07) is -0.835. The van der Waals surface area contributed by atoms with E-state index in [2.05, 4.69) is 33.0 Å². The summed E-state index contributed by atoms with van der Waals surface area (Å²) >= 11 is 0. The smallest absolute Gasteiger partial charge is 0.222 e. The number of hydrogen-bond acceptors (Lipinski definition) is 9. The Bertz CT molecular complexity index is 799. The minimum absolute atomic E-state index is 0.0862. The second-order valence-electron chi connectivity index (χ2n) is 15.9. The molecule has 1 aliphatic rings. The minimum atomic E-state index is -1.58. The molecular formula is C40H79NO9. The van der Waals surface area contributed by atoms with Crippen LogP contribution in [0.4, 0.5) is 0 Å². The number of aliphatic hydroxyl groups is 6. The largest absolute Gasteiger partial charge is 0.394 e. The second-order valence-corrected chi connectivity index (χ2v) is 15.9. The monoisotopic (exact) mass is 718 g/mol. The molecule has 0 aliphatic carbocycles. The molecule has 1 saturated heterocycles. The van der Waals surface area contributed by atoms with Gasteiger partial charge < -0.3 is 45.4 Å². The summed E-state index contributed by atoms with van der Waals surface area (Å²) in [7, 11) is 0. The van der Waals surface area contributed by atoms with Gasteiger partial charge in [-0.2, -0.15) is 0 Å². The Morgan fingerprint density at radius 2 is 1.04 bits per heavy atom. The Hall–Kier alpha value is -0.850. The number of aliphatic hydroxyl groups excluding tert-OH is 6. The summed E-state index contributed by atoms with van der Waals surface area (Å²) in [4.78, 5) is 12.9. The number of rotatable bonds is 32. The Labute approximate surface area is 305 Å². The lowest BCUT2D eigenvalue weighted by molar-refractivity contribution is -0.302. The number of unbranched alkanes of at least 4 members (excludes halogenated alkanes) is 16. The first-order valence-electron chi connectivity index (χ1n) is 20.5. The van der Waals surface area contributed by atoms with Crippen LogP contribution in [0.5, 0.6) is 0 Å². The average Bonchev–Trinajstić information content (AvgIpc) is 3.07. The van der Waals surface area contributed by atoms with Crippen LogP contribution in [-0.4, -0.2) is 98.7 Å². The molecule has 0 aromatic rings. The van der Waals surface area contributed by atoms with Crippen LogP contribution in [0.1, 0.15) is 175 Å². The van der Waals surface area contributed by atoms with Crippen LogP contribution < -0.4 is 5.32 Å². The van der Waals surface area contributed by atoms with Gasteiger partial charge in [0.1, 0.15) is 24.4 Å². The molecule has 8 atom stereocenters. The highest BCUT2D eigenvalue weighted by Crippen LogP contribution is 2.23. The van der Waals surface area contributed by atoms with E-state index in [9.17, 15) is 35.4 Å². The predicted octanol–water partition coefficient (Wildman–Crippen LogP) is 6.29. The Kier molecular flexibility index (Phi) is 27.9. The normalized spacial score (nSPS) is 23.0. The average molecular weight is 718 g/mol. The van der Waals surface area contributed by atoms with E-state index in [1.807, 2.05) is 0 Å². The van der Waals surface area contributed by atoms with Gasteiger partial charge in [-0.25, -0.2) is 0 Å². The van der Waals surface area contributed by atoms with E-state index in [4.69, 9.17) is 9.47 Å². The van der Waals surface area contributed by atoms with Crippen LogP contribution >= 0.6 is 0 Å². The maximum absolute atomic E-state index is 12.9. The molecule has 0 bridgehead atoms. The Morgan fingerprint density at radius 3 is 1.48 bits per heavy atom. The van der Waals surface area contributed by atoms with E-state index in [-0.39, 0.29) is 13.0 Å². The third-order valence-corrected chi connectivity index (χ3v) is 10.1. The van der Waals surface area contributed by atoms with Gasteiger partial charge in [0.15, 0.2) is 6.29 Å². The van der Waals surface area contributed by atoms with Crippen molar-refractivity contribution >= 4 is 5.91 Å². The van der Waals surface area contributed by atoms with E-state index in [1.165, 1.54) is 83.5 Å². The molecule has 1 rings (SSSR count). The van der Waals surface area contributed by atoms with Crippen LogP contribution in [0.2, 0.25) is 0 Å². The van der Waals surface area contributed by atoms with Crippen molar-refractivity contribution in [2.75, 3.05) is 13.2 Å². The van der Waals surface area contributed by atoms with Crippen molar-refractivity contribution in [3.8, 4) is 0 Å². The van der Waals surface area contributed by atoms with Crippen molar-refractivity contribution in [3.05, 3.63) is 0 Å². The first kappa shape index (κ1) is 47.2. The Morgan fingerprint density at radius 1 is 0.620 bits per heavy atom. The molecule has 0 aromatic heterocycles. The lowest BCUT2D eigenvalue weighted by Gasteiger charge is -2.40. The topological polar surface area (TPSA) is 169 Å². The standard InChI is InChI=1S/C40H79NO9/c1-30(2)23-19-15-11-7-5-9-13-17-21-25-32(43)27-36(45)41-33(29-49-40-39(48)38(47)37(46)35(28-42)50-40)34(44)26-22-18-14-10-6-8-12-16-20-24-31(3)4/h30-35,37-40,42-44,46-48H,5-29H2,1-4H3,(H,41,45)/t32-,33+,34-,35?,37+,38?,39?,40-/m1/s1. The van der Waals surface area contributed by atoms with Crippen molar-refractivity contribution < 1.29 is 44.9 Å². The first-order valence-corrected chi connectivity index (χ1v) is 20.5. The molecule has 0 aromatic carbocycles. The minimum Gasteiger partial charge on any atom is -0.394 e. The molecule has 1 aliphatic heterocycles. The zero-order chi connectivity index (χ0) is 37.1. The van der Waals surface area contributed by atoms with Gasteiger partial charge in [-0.15, -0.1) is 0 Å². The van der Waals surface area contributed by atoms with E-state index >= 15 is 0 Å². The third-order valence-electron chi connectivity index (χ3n) is 10.1. The maximum atomic E-state index is 12.9. The number of carbonyl (C=O) groups excluding carboxylic acids is 1. The molecule has 10 heteroatoms. The molecule has 50 heavy (non-hydrogen) atoms. The number of ether oxygens (including phenoxy) is 2. The van der Waals surface area contributed by atoms with Crippen LogP contribution in [0.15, 0.2) is 0 Å². The number of amides is 1. The highest BCUT2D eigenvalue weighted by atomic mass is 16.7. The summed E-state index contributed by atoms with van der Waals surface area (Å²) in [5.41, 5.74) is 0. The zero-order valence-corrected chi connectivity index (χ0v) is 32.4. The van der Waals surface area contributed by atoms with E-state index in [1.54, 1.807) is 0 Å². The van der Waals surface area contributed by atoms with Crippen LogP contribution in [-0.2, 0) is 14.3 Å².